The van der Waals surface area contributed by atoms with Gasteiger partial charge >= 0.3 is 0 Å². The second-order valence-corrected chi connectivity index (χ2v) is 4.43. The molecule has 1 amide bonds. The van der Waals surface area contributed by atoms with Crippen molar-refractivity contribution >= 4 is 17.4 Å². The Morgan fingerprint density at radius 3 is 2.62 bits per heavy atom. The predicted molar refractivity (Wildman–Crippen MR) is 79.9 cm³/mol. The number of rotatable bonds is 5. The van der Waals surface area contributed by atoms with E-state index in [1.165, 1.54) is 0 Å². The van der Waals surface area contributed by atoms with Crippen molar-refractivity contribution in [1.82, 2.24) is 10.2 Å². The second-order valence-electron chi connectivity index (χ2n) is 4.43. The molecule has 106 valence electrons. The van der Waals surface area contributed by atoms with Crippen molar-refractivity contribution in [3.8, 4) is 6.07 Å². The highest BCUT2D eigenvalue weighted by molar-refractivity contribution is 6.02. The zero-order chi connectivity index (χ0) is 15.1. The van der Waals surface area contributed by atoms with Crippen molar-refractivity contribution in [2.24, 2.45) is 0 Å². The van der Waals surface area contributed by atoms with Gasteiger partial charge in [0.2, 0.25) is 0 Å². The third kappa shape index (κ3) is 4.01. The molecule has 2 rings (SSSR count). The molecule has 1 aromatic carbocycles. The van der Waals surface area contributed by atoms with Crippen LogP contribution in [-0.4, -0.2) is 29.7 Å². The standard InChI is InChI=1S/C15H15N5O/c1-20(11-5-10-16)14-9-8-13(18-19-14)15(21)17-12-6-3-2-4-7-12/h2-4,6-9H,5,11H2,1H3,(H,17,21). The van der Waals surface area contributed by atoms with Gasteiger partial charge in [0.05, 0.1) is 12.5 Å². The third-order valence-corrected chi connectivity index (χ3v) is 2.86. The summed E-state index contributed by atoms with van der Waals surface area (Å²) in [4.78, 5) is 13.8. The van der Waals surface area contributed by atoms with Gasteiger partial charge in [0.1, 0.15) is 0 Å². The summed E-state index contributed by atoms with van der Waals surface area (Å²) in [6, 6.07) is 14.6. The van der Waals surface area contributed by atoms with Crippen LogP contribution >= 0.6 is 0 Å². The molecule has 0 aliphatic heterocycles. The normalized spacial score (nSPS) is 9.71. The number of hydrogen-bond donors (Lipinski definition) is 1. The maximum Gasteiger partial charge on any atom is 0.276 e. The zero-order valence-electron chi connectivity index (χ0n) is 11.7. The Bertz CT molecular complexity index is 633. The van der Waals surface area contributed by atoms with Gasteiger partial charge in [0.15, 0.2) is 11.5 Å². The predicted octanol–water partition coefficient (Wildman–Crippen LogP) is 2.08. The van der Waals surface area contributed by atoms with Gasteiger partial charge in [-0.25, -0.2) is 0 Å². The summed E-state index contributed by atoms with van der Waals surface area (Å²) in [5.41, 5.74) is 0.954. The highest BCUT2D eigenvalue weighted by Gasteiger charge is 2.10. The molecule has 0 saturated carbocycles. The van der Waals surface area contributed by atoms with Crippen molar-refractivity contribution in [2.75, 3.05) is 23.8 Å². The SMILES string of the molecule is CN(CCC#N)c1ccc(C(=O)Nc2ccccc2)nn1. The van der Waals surface area contributed by atoms with Gasteiger partial charge in [-0.1, -0.05) is 18.2 Å². The van der Waals surface area contributed by atoms with Crippen LogP contribution in [0.1, 0.15) is 16.9 Å². The lowest BCUT2D eigenvalue weighted by Gasteiger charge is -2.15. The molecule has 1 N–H and O–H groups in total. The minimum absolute atomic E-state index is 0.247. The van der Waals surface area contributed by atoms with Crippen molar-refractivity contribution in [1.29, 1.82) is 5.26 Å². The average molecular weight is 281 g/mol. The van der Waals surface area contributed by atoms with E-state index in [2.05, 4.69) is 21.6 Å². The summed E-state index contributed by atoms with van der Waals surface area (Å²) in [5, 5.41) is 19.2. The Balaban J connectivity index is 2.02. The van der Waals surface area contributed by atoms with Crippen LogP contribution in [0.4, 0.5) is 11.5 Å². The van der Waals surface area contributed by atoms with Crippen molar-refractivity contribution < 1.29 is 4.79 Å². The molecule has 0 bridgehead atoms. The van der Waals surface area contributed by atoms with E-state index < -0.39 is 0 Å². The van der Waals surface area contributed by atoms with Gasteiger partial charge < -0.3 is 10.2 Å². The summed E-state index contributed by atoms with van der Waals surface area (Å²) >= 11 is 0. The van der Waals surface area contributed by atoms with E-state index in [0.717, 1.165) is 0 Å². The molecule has 0 aliphatic rings. The van der Waals surface area contributed by atoms with E-state index in [1.807, 2.05) is 30.1 Å². The number of aromatic nitrogens is 2. The van der Waals surface area contributed by atoms with Crippen LogP contribution in [0, 0.1) is 11.3 Å². The van der Waals surface area contributed by atoms with Crippen LogP contribution in [0.25, 0.3) is 0 Å². The Morgan fingerprint density at radius 1 is 1.24 bits per heavy atom. The smallest absolute Gasteiger partial charge is 0.276 e. The number of para-hydroxylation sites is 1. The molecule has 0 atom stereocenters. The molecular weight excluding hydrogens is 266 g/mol. The van der Waals surface area contributed by atoms with E-state index >= 15 is 0 Å². The minimum atomic E-state index is -0.306. The number of hydrogen-bond acceptors (Lipinski definition) is 5. The highest BCUT2D eigenvalue weighted by Crippen LogP contribution is 2.10. The summed E-state index contributed by atoms with van der Waals surface area (Å²) in [5.74, 6) is 0.321. The minimum Gasteiger partial charge on any atom is -0.357 e. The lowest BCUT2D eigenvalue weighted by Crippen LogP contribution is -2.21. The maximum atomic E-state index is 12.0. The van der Waals surface area contributed by atoms with Gasteiger partial charge in [-0.05, 0) is 24.3 Å². The van der Waals surface area contributed by atoms with E-state index in [9.17, 15) is 4.79 Å². The fourth-order valence-corrected chi connectivity index (χ4v) is 1.70. The number of nitrogens with zero attached hydrogens (tertiary/aromatic N) is 4. The first-order valence-corrected chi connectivity index (χ1v) is 6.49. The number of benzene rings is 1. The molecule has 1 aromatic heterocycles. The Morgan fingerprint density at radius 2 is 2.00 bits per heavy atom. The third-order valence-electron chi connectivity index (χ3n) is 2.86. The van der Waals surface area contributed by atoms with Crippen molar-refractivity contribution in [3.63, 3.8) is 0 Å². The molecule has 0 fully saturated rings. The maximum absolute atomic E-state index is 12.0. The Labute approximate surface area is 123 Å². The summed E-state index contributed by atoms with van der Waals surface area (Å²) in [7, 11) is 1.82. The van der Waals surface area contributed by atoms with Crippen LogP contribution < -0.4 is 10.2 Å². The van der Waals surface area contributed by atoms with Crippen LogP contribution in [0.2, 0.25) is 0 Å². The molecule has 0 spiro atoms. The molecule has 21 heavy (non-hydrogen) atoms. The average Bonchev–Trinajstić information content (AvgIpc) is 2.53. The molecule has 6 heteroatoms. The largest absolute Gasteiger partial charge is 0.357 e. The lowest BCUT2D eigenvalue weighted by molar-refractivity contribution is 0.102. The van der Waals surface area contributed by atoms with Gasteiger partial charge in [0.25, 0.3) is 5.91 Å². The number of nitriles is 1. The van der Waals surface area contributed by atoms with Gasteiger partial charge in [-0.2, -0.15) is 5.26 Å². The quantitative estimate of drug-likeness (QED) is 0.907. The number of carbonyl (C=O) groups is 1. The molecule has 1 heterocycles. The Hall–Kier alpha value is -2.94. The molecule has 0 saturated heterocycles. The fraction of sp³-hybridized carbons (Fsp3) is 0.200. The van der Waals surface area contributed by atoms with E-state index in [1.54, 1.807) is 24.3 Å². The van der Waals surface area contributed by atoms with Crippen LogP contribution in [0.15, 0.2) is 42.5 Å². The Kier molecular flexibility index (Phi) is 4.83. The van der Waals surface area contributed by atoms with E-state index in [4.69, 9.17) is 5.26 Å². The van der Waals surface area contributed by atoms with Gasteiger partial charge in [-0.15, -0.1) is 10.2 Å². The van der Waals surface area contributed by atoms with Gasteiger partial charge in [0, 0.05) is 19.3 Å². The lowest BCUT2D eigenvalue weighted by atomic mass is 10.3. The number of nitrogens with one attached hydrogen (secondary N) is 1. The number of amides is 1. The van der Waals surface area contributed by atoms with E-state index in [0.29, 0.717) is 24.5 Å². The topological polar surface area (TPSA) is 81.9 Å². The first kappa shape index (κ1) is 14.5. The first-order valence-electron chi connectivity index (χ1n) is 6.49. The second kappa shape index (κ2) is 7.01. The van der Waals surface area contributed by atoms with Crippen LogP contribution in [0.3, 0.4) is 0 Å². The van der Waals surface area contributed by atoms with Gasteiger partial charge in [-0.3, -0.25) is 4.79 Å². The highest BCUT2D eigenvalue weighted by atomic mass is 16.1. The first-order chi connectivity index (χ1) is 10.2. The summed E-state index contributed by atoms with van der Waals surface area (Å²) < 4.78 is 0. The molecule has 0 unspecified atom stereocenters. The molecule has 0 radical (unpaired) electrons. The van der Waals surface area contributed by atoms with Crippen LogP contribution in [-0.2, 0) is 0 Å². The van der Waals surface area contributed by atoms with Crippen LogP contribution in [0.5, 0.6) is 0 Å². The molecule has 0 aliphatic carbocycles. The van der Waals surface area contributed by atoms with E-state index in [-0.39, 0.29) is 11.6 Å². The monoisotopic (exact) mass is 281 g/mol. The number of anilines is 2. The molecule has 2 aromatic rings. The van der Waals surface area contributed by atoms with Crippen molar-refractivity contribution in [3.05, 3.63) is 48.2 Å². The molecular formula is C15H15N5O. The summed E-state index contributed by atoms with van der Waals surface area (Å²) in [6.07, 6.45) is 0.411. The number of carbonyl (C=O) groups excluding carboxylic acids is 1. The molecule has 6 nitrogen and oxygen atoms in total. The zero-order valence-corrected chi connectivity index (χ0v) is 11.7. The summed E-state index contributed by atoms with van der Waals surface area (Å²) in [6.45, 7) is 0.570. The van der Waals surface area contributed by atoms with Crippen molar-refractivity contribution in [2.45, 2.75) is 6.42 Å². The fourth-order valence-electron chi connectivity index (χ4n) is 1.70.